The summed E-state index contributed by atoms with van der Waals surface area (Å²) in [5.74, 6) is -0.111. The first-order valence-corrected chi connectivity index (χ1v) is 8.07. The summed E-state index contributed by atoms with van der Waals surface area (Å²) in [6.07, 6.45) is 0. The van der Waals surface area contributed by atoms with Gasteiger partial charge in [-0.2, -0.15) is 0 Å². The van der Waals surface area contributed by atoms with Gasteiger partial charge in [-0.3, -0.25) is 0 Å². The molecule has 0 aliphatic rings. The van der Waals surface area contributed by atoms with Crippen molar-refractivity contribution in [1.29, 1.82) is 0 Å². The minimum absolute atomic E-state index is 0.111. The topological polar surface area (TPSA) is 34.1 Å². The van der Waals surface area contributed by atoms with Crippen molar-refractivity contribution in [3.63, 3.8) is 0 Å². The van der Waals surface area contributed by atoms with Gasteiger partial charge < -0.3 is 0 Å². The molecule has 0 aliphatic carbocycles. The Hall–Kier alpha value is -0.580. The molecule has 0 saturated carbocycles. The summed E-state index contributed by atoms with van der Waals surface area (Å²) < 4.78 is 23.1. The molecule has 0 amide bonds. The lowest BCUT2D eigenvalue weighted by molar-refractivity contribution is 0.609. The third-order valence-electron chi connectivity index (χ3n) is 2.58. The molecule has 2 aromatic rings. The summed E-state index contributed by atoms with van der Waals surface area (Å²) in [7, 11) is 1.76. The lowest BCUT2D eigenvalue weighted by atomic mass is 10.1. The molecule has 2 rings (SSSR count). The number of benzene rings is 1. The van der Waals surface area contributed by atoms with Gasteiger partial charge in [0.1, 0.15) is 0 Å². The van der Waals surface area contributed by atoms with E-state index >= 15 is 0 Å². The fourth-order valence-electron chi connectivity index (χ4n) is 1.68. The first-order chi connectivity index (χ1) is 7.37. The molecule has 1 aromatic heterocycles. The molecule has 5 heteroatoms. The summed E-state index contributed by atoms with van der Waals surface area (Å²) in [6, 6.07) is 5.69. The van der Waals surface area contributed by atoms with E-state index in [1.807, 2.05) is 18.2 Å². The van der Waals surface area contributed by atoms with Crippen LogP contribution < -0.4 is 0 Å². The van der Waals surface area contributed by atoms with Gasteiger partial charge in [0.05, 0.1) is 5.75 Å². The van der Waals surface area contributed by atoms with E-state index in [9.17, 15) is 8.42 Å². The van der Waals surface area contributed by atoms with Gasteiger partial charge in [-0.05, 0) is 36.4 Å². The van der Waals surface area contributed by atoms with E-state index in [-0.39, 0.29) is 5.75 Å². The second kappa shape index (κ2) is 4.02. The third kappa shape index (κ3) is 2.39. The first-order valence-electron chi connectivity index (χ1n) is 4.78. The molecule has 0 aliphatic heterocycles. The van der Waals surface area contributed by atoms with Crippen molar-refractivity contribution in [2.24, 2.45) is 0 Å². The molecular formula is C11H11ClO2S2. The Bertz CT molecular complexity index is 641. The number of halogens is 1. The highest BCUT2D eigenvalue weighted by Gasteiger charge is 2.10. The van der Waals surface area contributed by atoms with Crippen LogP contribution in [0, 0.1) is 13.8 Å². The SMILES string of the molecule is Cc1sc2cc(CS(=O)(=O)Cl)ccc2c1C. The van der Waals surface area contributed by atoms with Crippen molar-refractivity contribution in [1.82, 2.24) is 0 Å². The molecule has 2 nitrogen and oxygen atoms in total. The van der Waals surface area contributed by atoms with Gasteiger partial charge in [0.25, 0.3) is 0 Å². The van der Waals surface area contributed by atoms with Crippen LogP contribution in [0.3, 0.4) is 0 Å². The average molecular weight is 275 g/mol. The summed E-state index contributed by atoms with van der Waals surface area (Å²) in [6.45, 7) is 4.14. The number of thiophene rings is 1. The molecular weight excluding hydrogens is 264 g/mol. The average Bonchev–Trinajstić information content (AvgIpc) is 2.40. The van der Waals surface area contributed by atoms with Crippen molar-refractivity contribution in [2.75, 3.05) is 0 Å². The Kier molecular flexibility index (Phi) is 2.99. The standard InChI is InChI=1S/C11H11ClO2S2/c1-7-8(2)15-11-5-9(3-4-10(7)11)6-16(12,13)14/h3-5H,6H2,1-2H3. The van der Waals surface area contributed by atoms with Crippen LogP contribution in [0.15, 0.2) is 18.2 Å². The van der Waals surface area contributed by atoms with Crippen molar-refractivity contribution in [2.45, 2.75) is 19.6 Å². The largest absolute Gasteiger partial charge is 0.236 e. The molecule has 0 saturated heterocycles. The van der Waals surface area contributed by atoms with Gasteiger partial charge in [-0.15, -0.1) is 11.3 Å². The van der Waals surface area contributed by atoms with E-state index in [4.69, 9.17) is 10.7 Å². The molecule has 0 radical (unpaired) electrons. The fraction of sp³-hybridized carbons (Fsp3) is 0.273. The number of rotatable bonds is 2. The highest BCUT2D eigenvalue weighted by molar-refractivity contribution is 8.13. The van der Waals surface area contributed by atoms with E-state index in [1.165, 1.54) is 15.8 Å². The van der Waals surface area contributed by atoms with Crippen LogP contribution >= 0.6 is 22.0 Å². The van der Waals surface area contributed by atoms with Gasteiger partial charge in [-0.25, -0.2) is 8.42 Å². The zero-order chi connectivity index (χ0) is 11.9. The number of hydrogen-bond donors (Lipinski definition) is 0. The molecule has 1 aromatic carbocycles. The molecule has 86 valence electrons. The van der Waals surface area contributed by atoms with Crippen molar-refractivity contribution in [3.8, 4) is 0 Å². The van der Waals surface area contributed by atoms with Crippen molar-refractivity contribution >= 4 is 41.2 Å². The van der Waals surface area contributed by atoms with Crippen LogP contribution in [0.2, 0.25) is 0 Å². The summed E-state index contributed by atoms with van der Waals surface area (Å²) in [5, 5.41) is 1.19. The van der Waals surface area contributed by atoms with Crippen LogP contribution in [-0.4, -0.2) is 8.42 Å². The lowest BCUT2D eigenvalue weighted by Crippen LogP contribution is -1.94. The van der Waals surface area contributed by atoms with Crippen molar-refractivity contribution in [3.05, 3.63) is 34.2 Å². The molecule has 0 atom stereocenters. The maximum atomic E-state index is 11.0. The maximum Gasteiger partial charge on any atom is 0.236 e. The number of hydrogen-bond acceptors (Lipinski definition) is 3. The number of fused-ring (bicyclic) bond motifs is 1. The highest BCUT2D eigenvalue weighted by Crippen LogP contribution is 2.31. The summed E-state index contributed by atoms with van der Waals surface area (Å²) in [5.41, 5.74) is 2.00. The smallest absolute Gasteiger partial charge is 0.212 e. The molecule has 1 heterocycles. The van der Waals surface area contributed by atoms with Gasteiger partial charge in [0, 0.05) is 20.3 Å². The number of aryl methyl sites for hydroxylation is 2. The van der Waals surface area contributed by atoms with Gasteiger partial charge in [-0.1, -0.05) is 12.1 Å². The minimum Gasteiger partial charge on any atom is -0.212 e. The van der Waals surface area contributed by atoms with E-state index < -0.39 is 9.05 Å². The minimum atomic E-state index is -3.47. The Morgan fingerprint density at radius 3 is 2.62 bits per heavy atom. The lowest BCUT2D eigenvalue weighted by Gasteiger charge is -1.98. The van der Waals surface area contributed by atoms with Crippen LogP contribution in [-0.2, 0) is 14.8 Å². The highest BCUT2D eigenvalue weighted by atomic mass is 35.7. The summed E-state index contributed by atoms with van der Waals surface area (Å²) in [4.78, 5) is 1.26. The van der Waals surface area contributed by atoms with E-state index in [1.54, 1.807) is 11.3 Å². The Labute approximate surface area is 103 Å². The predicted molar refractivity (Wildman–Crippen MR) is 69.8 cm³/mol. The van der Waals surface area contributed by atoms with E-state index in [0.29, 0.717) is 0 Å². The van der Waals surface area contributed by atoms with Crippen LogP contribution in [0.25, 0.3) is 10.1 Å². The molecule has 0 bridgehead atoms. The quantitative estimate of drug-likeness (QED) is 0.785. The summed E-state index contributed by atoms with van der Waals surface area (Å²) >= 11 is 1.68. The van der Waals surface area contributed by atoms with Crippen LogP contribution in [0.1, 0.15) is 16.0 Å². The normalized spacial score (nSPS) is 12.2. The molecule has 0 unspecified atom stereocenters. The molecule has 0 N–H and O–H groups in total. The predicted octanol–water partition coefficient (Wildman–Crippen LogP) is 3.59. The van der Waals surface area contributed by atoms with Gasteiger partial charge in [0.2, 0.25) is 9.05 Å². The zero-order valence-electron chi connectivity index (χ0n) is 8.95. The monoisotopic (exact) mass is 274 g/mol. The second-order valence-electron chi connectivity index (χ2n) is 3.80. The Morgan fingerprint density at radius 1 is 1.31 bits per heavy atom. The van der Waals surface area contributed by atoms with E-state index in [0.717, 1.165) is 10.3 Å². The third-order valence-corrected chi connectivity index (χ3v) is 4.76. The fourth-order valence-corrected chi connectivity index (χ4v) is 3.77. The zero-order valence-corrected chi connectivity index (χ0v) is 11.3. The molecule has 16 heavy (non-hydrogen) atoms. The Balaban J connectivity index is 2.53. The van der Waals surface area contributed by atoms with Crippen LogP contribution in [0.5, 0.6) is 0 Å². The Morgan fingerprint density at radius 2 is 2.00 bits per heavy atom. The van der Waals surface area contributed by atoms with Crippen molar-refractivity contribution < 1.29 is 8.42 Å². The first kappa shape index (κ1) is 11.9. The van der Waals surface area contributed by atoms with E-state index in [2.05, 4.69) is 13.8 Å². The molecule has 0 fully saturated rings. The molecule has 0 spiro atoms. The van der Waals surface area contributed by atoms with Gasteiger partial charge in [0.15, 0.2) is 0 Å². The van der Waals surface area contributed by atoms with Crippen LogP contribution in [0.4, 0.5) is 0 Å². The second-order valence-corrected chi connectivity index (χ2v) is 7.83. The van der Waals surface area contributed by atoms with Gasteiger partial charge >= 0.3 is 0 Å². The maximum absolute atomic E-state index is 11.0.